The van der Waals surface area contributed by atoms with Crippen molar-refractivity contribution in [2.24, 2.45) is 10.7 Å². The molecule has 0 amide bonds. The number of anilines is 1. The van der Waals surface area contributed by atoms with Crippen LogP contribution >= 0.6 is 11.3 Å². The summed E-state index contributed by atoms with van der Waals surface area (Å²) in [6.45, 7) is 8.19. The maximum Gasteiger partial charge on any atom is 0.191 e. The molecule has 2 fully saturated rings. The van der Waals surface area contributed by atoms with Crippen LogP contribution in [0.4, 0.5) is 5.13 Å². The second kappa shape index (κ2) is 7.27. The zero-order chi connectivity index (χ0) is 18.1. The summed E-state index contributed by atoms with van der Waals surface area (Å²) in [5, 5.41) is 3.13. The summed E-state index contributed by atoms with van der Waals surface area (Å²) in [6, 6.07) is 9.37. The Kier molecular flexibility index (Phi) is 4.85. The first-order chi connectivity index (χ1) is 12.6. The fraction of sp³-hybridized carbons (Fsp3) is 0.500. The third-order valence-electron chi connectivity index (χ3n) is 5.38. The normalized spacial score (nSPS) is 23.6. The van der Waals surface area contributed by atoms with E-state index in [-0.39, 0.29) is 0 Å². The third kappa shape index (κ3) is 3.70. The lowest BCUT2D eigenvalue weighted by Crippen LogP contribution is -2.51. The molecule has 138 valence electrons. The first-order valence-corrected chi connectivity index (χ1v) is 10.3. The lowest BCUT2D eigenvalue weighted by atomic mass is 10.0. The topological polar surface area (TPSA) is 57.8 Å². The van der Waals surface area contributed by atoms with Crippen LogP contribution in [0.1, 0.15) is 43.2 Å². The molecule has 1 aromatic carbocycles. The van der Waals surface area contributed by atoms with Gasteiger partial charge in [-0.3, -0.25) is 0 Å². The molecule has 2 aliphatic rings. The number of guanidine groups is 1. The summed E-state index contributed by atoms with van der Waals surface area (Å²) in [4.78, 5) is 13.7. The molecule has 2 heterocycles. The van der Waals surface area contributed by atoms with E-state index in [0.717, 1.165) is 37.7 Å². The van der Waals surface area contributed by atoms with E-state index in [4.69, 9.17) is 10.7 Å². The van der Waals surface area contributed by atoms with E-state index in [0.29, 0.717) is 23.8 Å². The van der Waals surface area contributed by atoms with Crippen molar-refractivity contribution in [1.82, 2.24) is 9.88 Å². The Balaban J connectivity index is 1.32. The summed E-state index contributed by atoms with van der Waals surface area (Å²) in [6.07, 6.45) is 2.98. The summed E-state index contributed by atoms with van der Waals surface area (Å²) >= 11 is 1.70. The van der Waals surface area contributed by atoms with Crippen LogP contribution in [0, 0.1) is 0 Å². The zero-order valence-corrected chi connectivity index (χ0v) is 16.3. The molecule has 0 spiro atoms. The molecular weight excluding hydrogens is 342 g/mol. The van der Waals surface area contributed by atoms with Crippen molar-refractivity contribution in [1.29, 1.82) is 0 Å². The molecule has 26 heavy (non-hydrogen) atoms. The summed E-state index contributed by atoms with van der Waals surface area (Å²) in [5.74, 6) is 1.82. The molecule has 2 aromatic rings. The molecule has 1 aliphatic heterocycles. The van der Waals surface area contributed by atoms with Gasteiger partial charge in [0.05, 0.1) is 6.04 Å². The Hall–Kier alpha value is -2.08. The van der Waals surface area contributed by atoms with Crippen molar-refractivity contribution in [3.05, 3.63) is 47.0 Å². The number of benzene rings is 1. The molecule has 1 aliphatic carbocycles. The molecule has 0 bridgehead atoms. The molecule has 2 N–H and O–H groups in total. The number of aromatic nitrogens is 1. The Bertz CT molecular complexity index is 745. The second-order valence-corrected chi connectivity index (χ2v) is 8.38. The zero-order valence-electron chi connectivity index (χ0n) is 15.5. The number of thiazole rings is 1. The number of hydrogen-bond acceptors (Lipinski definition) is 4. The number of piperazine rings is 1. The van der Waals surface area contributed by atoms with Gasteiger partial charge in [0.2, 0.25) is 0 Å². The van der Waals surface area contributed by atoms with Crippen LogP contribution in [0.25, 0.3) is 0 Å². The van der Waals surface area contributed by atoms with Crippen LogP contribution in [-0.4, -0.2) is 48.1 Å². The largest absolute Gasteiger partial charge is 0.370 e. The Labute approximate surface area is 159 Å². The average molecular weight is 370 g/mol. The Morgan fingerprint density at radius 3 is 2.54 bits per heavy atom. The quantitative estimate of drug-likeness (QED) is 0.664. The second-order valence-electron chi connectivity index (χ2n) is 7.51. The molecule has 6 heteroatoms. The maximum absolute atomic E-state index is 6.30. The minimum Gasteiger partial charge on any atom is -0.370 e. The fourth-order valence-corrected chi connectivity index (χ4v) is 4.26. The van der Waals surface area contributed by atoms with Crippen molar-refractivity contribution in [2.75, 3.05) is 31.1 Å². The van der Waals surface area contributed by atoms with Gasteiger partial charge in [0.15, 0.2) is 11.1 Å². The van der Waals surface area contributed by atoms with Gasteiger partial charge in [-0.15, -0.1) is 11.3 Å². The van der Waals surface area contributed by atoms with Gasteiger partial charge in [-0.25, -0.2) is 9.98 Å². The van der Waals surface area contributed by atoms with Crippen molar-refractivity contribution in [3.63, 3.8) is 0 Å². The average Bonchev–Trinajstić information content (AvgIpc) is 3.20. The van der Waals surface area contributed by atoms with E-state index >= 15 is 0 Å². The number of nitrogens with two attached hydrogens (primary N) is 1. The van der Waals surface area contributed by atoms with Crippen LogP contribution in [-0.2, 0) is 0 Å². The van der Waals surface area contributed by atoms with Gasteiger partial charge in [0.1, 0.15) is 0 Å². The molecule has 5 nitrogen and oxygen atoms in total. The van der Waals surface area contributed by atoms with Crippen molar-refractivity contribution in [3.8, 4) is 0 Å². The highest BCUT2D eigenvalue weighted by atomic mass is 32.1. The van der Waals surface area contributed by atoms with E-state index in [1.165, 1.54) is 11.1 Å². The van der Waals surface area contributed by atoms with Gasteiger partial charge < -0.3 is 15.5 Å². The van der Waals surface area contributed by atoms with Crippen LogP contribution in [0.15, 0.2) is 40.8 Å². The van der Waals surface area contributed by atoms with Gasteiger partial charge >= 0.3 is 0 Å². The van der Waals surface area contributed by atoms with E-state index in [1.54, 1.807) is 11.3 Å². The van der Waals surface area contributed by atoms with Gasteiger partial charge in [0, 0.05) is 43.7 Å². The van der Waals surface area contributed by atoms with Crippen molar-refractivity contribution >= 4 is 22.4 Å². The Morgan fingerprint density at radius 1 is 1.19 bits per heavy atom. The predicted octanol–water partition coefficient (Wildman–Crippen LogP) is 3.26. The predicted molar refractivity (Wildman–Crippen MR) is 109 cm³/mol. The maximum atomic E-state index is 6.30. The lowest BCUT2D eigenvalue weighted by molar-refractivity contribution is 0.380. The smallest absolute Gasteiger partial charge is 0.191 e. The molecule has 1 aromatic heterocycles. The molecule has 4 rings (SSSR count). The molecular formula is C20H27N5S. The monoisotopic (exact) mass is 369 g/mol. The summed E-state index contributed by atoms with van der Waals surface area (Å²) < 4.78 is 0. The Morgan fingerprint density at radius 2 is 1.92 bits per heavy atom. The van der Waals surface area contributed by atoms with Crippen LogP contribution in [0.2, 0.25) is 0 Å². The minimum atomic E-state index is 0.344. The van der Waals surface area contributed by atoms with Crippen molar-refractivity contribution < 1.29 is 0 Å². The first kappa shape index (κ1) is 17.3. The summed E-state index contributed by atoms with van der Waals surface area (Å²) in [7, 11) is 0. The SMILES string of the molecule is CC(C)c1ccc(C2CC2N=C(N)N2CCN(c3nccs3)CC2)cc1. The minimum absolute atomic E-state index is 0.344. The fourth-order valence-electron chi connectivity index (χ4n) is 3.56. The highest BCUT2D eigenvalue weighted by Gasteiger charge is 2.39. The van der Waals surface area contributed by atoms with Gasteiger partial charge in [-0.1, -0.05) is 38.1 Å². The van der Waals surface area contributed by atoms with E-state index in [1.807, 2.05) is 11.6 Å². The number of nitrogens with zero attached hydrogens (tertiary/aromatic N) is 4. The summed E-state index contributed by atoms with van der Waals surface area (Å²) in [5.41, 5.74) is 9.09. The molecule has 1 saturated heterocycles. The van der Waals surface area contributed by atoms with E-state index in [9.17, 15) is 0 Å². The van der Waals surface area contributed by atoms with Gasteiger partial charge in [0.25, 0.3) is 0 Å². The standard InChI is InChI=1S/C20H27N5S/c1-14(2)15-3-5-16(6-4-15)17-13-18(17)23-19(21)24-8-10-25(11-9-24)20-22-7-12-26-20/h3-7,12,14,17-18H,8-11,13H2,1-2H3,(H2,21,23). The van der Waals surface area contributed by atoms with Crippen LogP contribution in [0.3, 0.4) is 0 Å². The number of aliphatic imine (C=N–C) groups is 1. The highest BCUT2D eigenvalue weighted by molar-refractivity contribution is 7.13. The third-order valence-corrected chi connectivity index (χ3v) is 6.21. The molecule has 0 radical (unpaired) electrons. The van der Waals surface area contributed by atoms with Crippen LogP contribution in [0.5, 0.6) is 0 Å². The molecule has 2 atom stereocenters. The van der Waals surface area contributed by atoms with E-state index < -0.39 is 0 Å². The lowest BCUT2D eigenvalue weighted by Gasteiger charge is -2.35. The number of hydrogen-bond donors (Lipinski definition) is 1. The van der Waals surface area contributed by atoms with Gasteiger partial charge in [-0.05, 0) is 23.5 Å². The van der Waals surface area contributed by atoms with Crippen LogP contribution < -0.4 is 10.6 Å². The highest BCUT2D eigenvalue weighted by Crippen LogP contribution is 2.43. The van der Waals surface area contributed by atoms with E-state index in [2.05, 4.69) is 52.9 Å². The number of rotatable bonds is 4. The molecule has 2 unspecified atom stereocenters. The first-order valence-electron chi connectivity index (χ1n) is 9.44. The molecule has 1 saturated carbocycles. The van der Waals surface area contributed by atoms with Gasteiger partial charge in [-0.2, -0.15) is 0 Å². The van der Waals surface area contributed by atoms with Crippen molar-refractivity contribution in [2.45, 2.75) is 38.1 Å².